The highest BCUT2D eigenvalue weighted by molar-refractivity contribution is 5.81. The van der Waals surface area contributed by atoms with Crippen molar-refractivity contribution in [2.45, 2.75) is 13.8 Å². The molecule has 0 bridgehead atoms. The molecular formula is C10H14N4. The molecule has 2 aromatic heterocycles. The first-order valence-corrected chi connectivity index (χ1v) is 4.75. The lowest BCUT2D eigenvalue weighted by Gasteiger charge is -2.01. The predicted molar refractivity (Wildman–Crippen MR) is 57.4 cm³/mol. The maximum Gasteiger partial charge on any atom is 0.157 e. The fourth-order valence-corrected chi connectivity index (χ4v) is 1.61. The maximum atomic E-state index is 4.36. The summed E-state index contributed by atoms with van der Waals surface area (Å²) in [6.45, 7) is 4.98. The topological polar surface area (TPSA) is 42.7 Å². The third-order valence-corrected chi connectivity index (χ3v) is 2.24. The summed E-state index contributed by atoms with van der Waals surface area (Å²) in [7, 11) is 1.91. The van der Waals surface area contributed by atoms with Crippen LogP contribution in [0.3, 0.4) is 0 Å². The van der Waals surface area contributed by atoms with Gasteiger partial charge in [-0.05, 0) is 19.9 Å². The average molecular weight is 190 g/mol. The number of fused-ring (bicyclic) bond motifs is 1. The summed E-state index contributed by atoms with van der Waals surface area (Å²) in [6.07, 6.45) is 1.84. The van der Waals surface area contributed by atoms with Gasteiger partial charge in [0.1, 0.15) is 0 Å². The molecule has 1 N–H and O–H groups in total. The van der Waals surface area contributed by atoms with E-state index in [0.717, 1.165) is 29.0 Å². The molecular weight excluding hydrogens is 176 g/mol. The molecule has 0 aliphatic heterocycles. The van der Waals surface area contributed by atoms with Gasteiger partial charge in [0.25, 0.3) is 0 Å². The molecule has 0 unspecified atom stereocenters. The van der Waals surface area contributed by atoms with Crippen LogP contribution in [0, 0.1) is 6.92 Å². The first-order chi connectivity index (χ1) is 6.72. The van der Waals surface area contributed by atoms with E-state index in [4.69, 9.17) is 0 Å². The zero-order valence-electron chi connectivity index (χ0n) is 8.70. The molecule has 0 fully saturated rings. The lowest BCUT2D eigenvalue weighted by Crippen LogP contribution is -1.97. The molecule has 2 rings (SSSR count). The van der Waals surface area contributed by atoms with Gasteiger partial charge >= 0.3 is 0 Å². The molecule has 0 radical (unpaired) electrons. The maximum absolute atomic E-state index is 4.36. The van der Waals surface area contributed by atoms with Crippen LogP contribution in [0.5, 0.6) is 0 Å². The Balaban J connectivity index is 2.59. The van der Waals surface area contributed by atoms with E-state index in [9.17, 15) is 0 Å². The van der Waals surface area contributed by atoms with Crippen LogP contribution < -0.4 is 5.32 Å². The molecule has 0 aliphatic carbocycles. The number of aromatic nitrogens is 3. The minimum Gasteiger partial charge on any atom is -0.384 e. The first-order valence-electron chi connectivity index (χ1n) is 4.75. The van der Waals surface area contributed by atoms with Crippen molar-refractivity contribution in [1.82, 2.24) is 14.8 Å². The zero-order valence-corrected chi connectivity index (χ0v) is 8.70. The van der Waals surface area contributed by atoms with E-state index in [1.165, 1.54) is 0 Å². The molecule has 0 spiro atoms. The van der Waals surface area contributed by atoms with Gasteiger partial charge in [-0.3, -0.25) is 4.68 Å². The van der Waals surface area contributed by atoms with Gasteiger partial charge < -0.3 is 5.32 Å². The molecule has 0 amide bonds. The second kappa shape index (κ2) is 3.29. The van der Waals surface area contributed by atoms with E-state index in [0.29, 0.717) is 0 Å². The van der Waals surface area contributed by atoms with Crippen molar-refractivity contribution in [3.63, 3.8) is 0 Å². The molecule has 4 nitrogen and oxygen atoms in total. The largest absolute Gasteiger partial charge is 0.384 e. The van der Waals surface area contributed by atoms with Crippen molar-refractivity contribution < 1.29 is 0 Å². The smallest absolute Gasteiger partial charge is 0.157 e. The minimum absolute atomic E-state index is 0.909. The summed E-state index contributed by atoms with van der Waals surface area (Å²) >= 11 is 0. The van der Waals surface area contributed by atoms with Gasteiger partial charge in [-0.2, -0.15) is 5.10 Å². The number of hydrogen-bond donors (Lipinski definition) is 1. The van der Waals surface area contributed by atoms with Crippen LogP contribution in [0.1, 0.15) is 12.6 Å². The zero-order chi connectivity index (χ0) is 10.1. The highest BCUT2D eigenvalue weighted by Gasteiger charge is 2.05. The van der Waals surface area contributed by atoms with E-state index in [1.807, 2.05) is 20.2 Å². The third kappa shape index (κ3) is 1.32. The second-order valence-electron chi connectivity index (χ2n) is 3.33. The number of pyridine rings is 1. The van der Waals surface area contributed by atoms with Crippen LogP contribution in [-0.4, -0.2) is 21.3 Å². The summed E-state index contributed by atoms with van der Waals surface area (Å²) in [5.41, 5.74) is 3.01. The van der Waals surface area contributed by atoms with Crippen LogP contribution in [0.2, 0.25) is 0 Å². The van der Waals surface area contributed by atoms with Crippen LogP contribution in [0.15, 0.2) is 12.3 Å². The number of rotatable bonds is 2. The molecule has 0 saturated carbocycles. The second-order valence-corrected chi connectivity index (χ2v) is 3.33. The summed E-state index contributed by atoms with van der Waals surface area (Å²) in [6, 6.07) is 2.09. The summed E-state index contributed by atoms with van der Waals surface area (Å²) in [5.74, 6) is 0. The van der Waals surface area contributed by atoms with E-state index < -0.39 is 0 Å². The molecule has 2 heterocycles. The number of nitrogens with one attached hydrogen (secondary N) is 1. The van der Waals surface area contributed by atoms with Gasteiger partial charge in [0, 0.05) is 19.0 Å². The van der Waals surface area contributed by atoms with Crippen LogP contribution in [0.4, 0.5) is 5.69 Å². The molecule has 0 aliphatic rings. The monoisotopic (exact) mass is 190 g/mol. The van der Waals surface area contributed by atoms with E-state index >= 15 is 0 Å². The van der Waals surface area contributed by atoms with Gasteiger partial charge in [0.05, 0.1) is 17.6 Å². The molecule has 4 heteroatoms. The fourth-order valence-electron chi connectivity index (χ4n) is 1.61. The van der Waals surface area contributed by atoms with E-state index in [1.54, 1.807) is 4.68 Å². The lowest BCUT2D eigenvalue weighted by atomic mass is 10.2. The predicted octanol–water partition coefficient (Wildman–Crippen LogP) is 1.71. The Labute approximate surface area is 82.9 Å². The van der Waals surface area contributed by atoms with Crippen molar-refractivity contribution in [3.05, 3.63) is 18.0 Å². The minimum atomic E-state index is 0.909. The molecule has 74 valence electrons. The number of aryl methyl sites for hydroxylation is 2. The Hall–Kier alpha value is -1.58. The van der Waals surface area contributed by atoms with E-state index in [-0.39, 0.29) is 0 Å². The Kier molecular flexibility index (Phi) is 2.11. The molecule has 14 heavy (non-hydrogen) atoms. The standard InChI is InChI=1S/C10H14N4/c1-4-11-8-5-9-7(2)13-14(3)10(9)12-6-8/h5-6,11H,4H2,1-3H3. The number of nitrogens with zero attached hydrogens (tertiary/aromatic N) is 3. The molecule has 0 atom stereocenters. The van der Waals surface area contributed by atoms with Gasteiger partial charge in [-0.15, -0.1) is 0 Å². The van der Waals surface area contributed by atoms with Gasteiger partial charge in [-0.25, -0.2) is 4.98 Å². The van der Waals surface area contributed by atoms with E-state index in [2.05, 4.69) is 28.4 Å². The fraction of sp³-hybridized carbons (Fsp3) is 0.400. The average Bonchev–Trinajstić information content (AvgIpc) is 2.43. The summed E-state index contributed by atoms with van der Waals surface area (Å²) < 4.78 is 1.81. The normalized spacial score (nSPS) is 10.8. The van der Waals surface area contributed by atoms with Crippen molar-refractivity contribution in [2.75, 3.05) is 11.9 Å². The summed E-state index contributed by atoms with van der Waals surface area (Å²) in [4.78, 5) is 4.36. The quantitative estimate of drug-likeness (QED) is 0.784. The first kappa shape index (κ1) is 8.99. The highest BCUT2D eigenvalue weighted by Crippen LogP contribution is 2.18. The molecule has 2 aromatic rings. The van der Waals surface area contributed by atoms with Gasteiger partial charge in [0.15, 0.2) is 5.65 Å². The molecule has 0 aromatic carbocycles. The van der Waals surface area contributed by atoms with Crippen molar-refractivity contribution in [1.29, 1.82) is 0 Å². The number of hydrogen-bond acceptors (Lipinski definition) is 3. The summed E-state index contributed by atoms with van der Waals surface area (Å²) in [5, 5.41) is 8.67. The lowest BCUT2D eigenvalue weighted by molar-refractivity contribution is 0.774. The van der Waals surface area contributed by atoms with Crippen LogP contribution in [0.25, 0.3) is 11.0 Å². The van der Waals surface area contributed by atoms with Crippen molar-refractivity contribution in [3.8, 4) is 0 Å². The Morgan fingerprint density at radius 2 is 2.29 bits per heavy atom. The number of anilines is 1. The Morgan fingerprint density at radius 1 is 1.50 bits per heavy atom. The SMILES string of the molecule is CCNc1cnc2c(c1)c(C)nn2C. The van der Waals surface area contributed by atoms with Crippen molar-refractivity contribution in [2.24, 2.45) is 7.05 Å². The van der Waals surface area contributed by atoms with Crippen molar-refractivity contribution >= 4 is 16.7 Å². The van der Waals surface area contributed by atoms with Crippen LogP contribution >= 0.6 is 0 Å². The third-order valence-electron chi connectivity index (χ3n) is 2.24. The molecule has 0 saturated heterocycles. The van der Waals surface area contributed by atoms with Gasteiger partial charge in [0.2, 0.25) is 0 Å². The van der Waals surface area contributed by atoms with Gasteiger partial charge in [-0.1, -0.05) is 0 Å². The Morgan fingerprint density at radius 3 is 3.00 bits per heavy atom. The van der Waals surface area contributed by atoms with Crippen LogP contribution in [-0.2, 0) is 7.05 Å². The Bertz CT molecular complexity index is 458. The highest BCUT2D eigenvalue weighted by atomic mass is 15.3.